The zero-order valence-corrected chi connectivity index (χ0v) is 24.8. The summed E-state index contributed by atoms with van der Waals surface area (Å²) >= 11 is 6.05. The van der Waals surface area contributed by atoms with Gasteiger partial charge in [-0.3, -0.25) is 13.9 Å². The molecule has 3 aromatic carbocycles. The van der Waals surface area contributed by atoms with Crippen LogP contribution in [0.4, 0.5) is 5.69 Å². The molecule has 0 aromatic heterocycles. The molecule has 1 atom stereocenters. The van der Waals surface area contributed by atoms with Crippen LogP contribution in [-0.2, 0) is 26.2 Å². The van der Waals surface area contributed by atoms with Crippen LogP contribution >= 0.6 is 11.6 Å². The van der Waals surface area contributed by atoms with Crippen molar-refractivity contribution >= 4 is 39.1 Å². The van der Waals surface area contributed by atoms with Gasteiger partial charge in [-0.05, 0) is 88.6 Å². The number of benzene rings is 3. The van der Waals surface area contributed by atoms with E-state index in [-0.39, 0.29) is 23.4 Å². The number of anilines is 1. The van der Waals surface area contributed by atoms with Gasteiger partial charge in [0, 0.05) is 17.6 Å². The van der Waals surface area contributed by atoms with Gasteiger partial charge in [-0.25, -0.2) is 8.42 Å². The molecule has 1 N–H and O–H groups in total. The summed E-state index contributed by atoms with van der Waals surface area (Å²) in [6.07, 6.45) is 0. The van der Waals surface area contributed by atoms with Crippen LogP contribution in [0.2, 0.25) is 5.02 Å². The molecule has 0 saturated carbocycles. The summed E-state index contributed by atoms with van der Waals surface area (Å²) in [4.78, 5) is 28.4. The molecular weight excluding hydrogens is 534 g/mol. The zero-order valence-electron chi connectivity index (χ0n) is 23.2. The smallest absolute Gasteiger partial charge is 0.264 e. The molecular formula is C30H36ClN3O4S. The normalized spacial score (nSPS) is 12.2. The molecule has 0 bridgehead atoms. The maximum atomic E-state index is 14.0. The molecule has 3 aromatic rings. The van der Waals surface area contributed by atoms with Crippen LogP contribution in [0.1, 0.15) is 43.0 Å². The molecule has 0 unspecified atom stereocenters. The second-order valence-electron chi connectivity index (χ2n) is 10.1. The Morgan fingerprint density at radius 1 is 0.872 bits per heavy atom. The van der Waals surface area contributed by atoms with Gasteiger partial charge in [-0.1, -0.05) is 53.6 Å². The van der Waals surface area contributed by atoms with Crippen molar-refractivity contribution < 1.29 is 18.0 Å². The third-order valence-corrected chi connectivity index (χ3v) is 8.41. The number of nitrogens with one attached hydrogen (secondary N) is 1. The maximum Gasteiger partial charge on any atom is 0.264 e. The number of nitrogens with zero attached hydrogens (tertiary/aromatic N) is 2. The van der Waals surface area contributed by atoms with Gasteiger partial charge in [0.1, 0.15) is 12.6 Å². The second kappa shape index (κ2) is 12.7. The average molecular weight is 570 g/mol. The summed E-state index contributed by atoms with van der Waals surface area (Å²) < 4.78 is 29.1. The molecule has 0 aliphatic rings. The molecule has 3 rings (SSSR count). The van der Waals surface area contributed by atoms with Crippen molar-refractivity contribution in [2.24, 2.45) is 0 Å². The Kier molecular flexibility index (Phi) is 9.80. The molecule has 0 aliphatic heterocycles. The van der Waals surface area contributed by atoms with Crippen molar-refractivity contribution in [1.29, 1.82) is 0 Å². The summed E-state index contributed by atoms with van der Waals surface area (Å²) in [6.45, 7) is 10.5. The highest BCUT2D eigenvalue weighted by molar-refractivity contribution is 7.92. The highest BCUT2D eigenvalue weighted by Crippen LogP contribution is 2.29. The van der Waals surface area contributed by atoms with E-state index in [1.165, 1.54) is 17.0 Å². The van der Waals surface area contributed by atoms with Crippen LogP contribution in [0.25, 0.3) is 0 Å². The van der Waals surface area contributed by atoms with Crippen molar-refractivity contribution in [1.82, 2.24) is 10.2 Å². The first-order valence-corrected chi connectivity index (χ1v) is 14.6. The number of amides is 2. The Balaban J connectivity index is 2.07. The van der Waals surface area contributed by atoms with Gasteiger partial charge in [-0.15, -0.1) is 0 Å². The predicted molar refractivity (Wildman–Crippen MR) is 156 cm³/mol. The standard InChI is InChI=1S/C30H36ClN3O4S/c1-20(2)32-30(36)24(6)33(18-25-11-13-26(31)14-12-25)29(35)19-34(28-17-22(4)7-10-23(28)5)39(37,38)27-15-8-21(3)9-16-27/h7-17,20,24H,18-19H2,1-6H3,(H,32,36)/t24-/m1/s1. The first kappa shape index (κ1) is 30.2. The van der Waals surface area contributed by atoms with Gasteiger partial charge < -0.3 is 10.2 Å². The minimum absolute atomic E-state index is 0.0802. The molecule has 0 saturated heterocycles. The number of carbonyl (C=O) groups is 2. The minimum atomic E-state index is -4.11. The van der Waals surface area contributed by atoms with E-state index in [4.69, 9.17) is 11.6 Å². The quantitative estimate of drug-likeness (QED) is 0.354. The molecule has 7 nitrogen and oxygen atoms in total. The van der Waals surface area contributed by atoms with Crippen molar-refractivity contribution in [2.75, 3.05) is 10.8 Å². The van der Waals surface area contributed by atoms with E-state index in [0.29, 0.717) is 16.3 Å². The average Bonchev–Trinajstić information content (AvgIpc) is 2.87. The number of halogens is 1. The van der Waals surface area contributed by atoms with Crippen LogP contribution < -0.4 is 9.62 Å². The zero-order chi connectivity index (χ0) is 28.9. The molecule has 2 amide bonds. The van der Waals surface area contributed by atoms with E-state index < -0.39 is 28.5 Å². The fourth-order valence-electron chi connectivity index (χ4n) is 4.11. The number of sulfonamides is 1. The Morgan fingerprint density at radius 3 is 2.05 bits per heavy atom. The third kappa shape index (κ3) is 7.61. The molecule has 0 fully saturated rings. The van der Waals surface area contributed by atoms with E-state index in [1.54, 1.807) is 56.3 Å². The summed E-state index contributed by atoms with van der Waals surface area (Å²) in [7, 11) is -4.11. The minimum Gasteiger partial charge on any atom is -0.352 e. The van der Waals surface area contributed by atoms with Crippen LogP contribution in [0.5, 0.6) is 0 Å². The van der Waals surface area contributed by atoms with Crippen LogP contribution in [0, 0.1) is 20.8 Å². The molecule has 0 heterocycles. The number of hydrogen-bond donors (Lipinski definition) is 1. The largest absolute Gasteiger partial charge is 0.352 e. The summed E-state index contributed by atoms with van der Waals surface area (Å²) in [5.74, 6) is -0.833. The van der Waals surface area contributed by atoms with Gasteiger partial charge in [0.25, 0.3) is 10.0 Å². The maximum absolute atomic E-state index is 14.0. The summed E-state index contributed by atoms with van der Waals surface area (Å²) in [6, 6.07) is 18.0. The van der Waals surface area contributed by atoms with E-state index in [1.807, 2.05) is 39.8 Å². The Labute approximate surface area is 236 Å². The molecule has 9 heteroatoms. The van der Waals surface area contributed by atoms with Gasteiger partial charge in [0.2, 0.25) is 11.8 Å². The van der Waals surface area contributed by atoms with E-state index in [9.17, 15) is 18.0 Å². The fourth-order valence-corrected chi connectivity index (χ4v) is 5.71. The first-order chi connectivity index (χ1) is 18.3. The Bertz CT molecular complexity index is 1420. The molecule has 208 valence electrons. The number of rotatable bonds is 10. The number of carbonyl (C=O) groups excluding carboxylic acids is 2. The first-order valence-electron chi connectivity index (χ1n) is 12.8. The predicted octanol–water partition coefficient (Wildman–Crippen LogP) is 5.40. The van der Waals surface area contributed by atoms with Crippen molar-refractivity contribution in [3.63, 3.8) is 0 Å². The molecule has 0 aliphatic carbocycles. The van der Waals surface area contributed by atoms with E-state index in [2.05, 4.69) is 5.32 Å². The summed E-state index contributed by atoms with van der Waals surface area (Å²) in [5.41, 5.74) is 3.66. The fraction of sp³-hybridized carbons (Fsp3) is 0.333. The van der Waals surface area contributed by atoms with Crippen LogP contribution in [0.3, 0.4) is 0 Å². The van der Waals surface area contributed by atoms with Crippen molar-refractivity contribution in [3.05, 3.63) is 94.0 Å². The second-order valence-corrected chi connectivity index (χ2v) is 12.4. The monoisotopic (exact) mass is 569 g/mol. The Hall–Kier alpha value is -3.36. The summed E-state index contributed by atoms with van der Waals surface area (Å²) in [5, 5.41) is 3.40. The van der Waals surface area contributed by atoms with Gasteiger partial charge in [0.15, 0.2) is 0 Å². The van der Waals surface area contributed by atoms with Crippen molar-refractivity contribution in [3.8, 4) is 0 Å². The molecule has 39 heavy (non-hydrogen) atoms. The van der Waals surface area contributed by atoms with E-state index in [0.717, 1.165) is 21.0 Å². The SMILES string of the molecule is Cc1ccc(S(=O)(=O)N(CC(=O)N(Cc2ccc(Cl)cc2)[C@H](C)C(=O)NC(C)C)c2cc(C)ccc2C)cc1. The third-order valence-electron chi connectivity index (χ3n) is 6.39. The number of hydrogen-bond acceptors (Lipinski definition) is 4. The molecule has 0 radical (unpaired) electrons. The lowest BCUT2D eigenvalue weighted by molar-refractivity contribution is -0.139. The lowest BCUT2D eigenvalue weighted by Gasteiger charge is -2.33. The van der Waals surface area contributed by atoms with Crippen LogP contribution in [-0.4, -0.2) is 43.8 Å². The van der Waals surface area contributed by atoms with Gasteiger partial charge >= 0.3 is 0 Å². The lowest BCUT2D eigenvalue weighted by Crippen LogP contribution is -2.52. The van der Waals surface area contributed by atoms with Gasteiger partial charge in [0.05, 0.1) is 10.6 Å². The van der Waals surface area contributed by atoms with Gasteiger partial charge in [-0.2, -0.15) is 0 Å². The Morgan fingerprint density at radius 2 is 1.46 bits per heavy atom. The molecule has 0 spiro atoms. The van der Waals surface area contributed by atoms with Crippen LogP contribution in [0.15, 0.2) is 71.6 Å². The highest BCUT2D eigenvalue weighted by Gasteiger charge is 2.33. The topological polar surface area (TPSA) is 86.8 Å². The number of aryl methyl sites for hydroxylation is 3. The van der Waals surface area contributed by atoms with E-state index >= 15 is 0 Å². The van der Waals surface area contributed by atoms with Crippen molar-refractivity contribution in [2.45, 2.75) is 65.1 Å². The highest BCUT2D eigenvalue weighted by atomic mass is 35.5. The lowest BCUT2D eigenvalue weighted by atomic mass is 10.1.